The fourth-order valence-corrected chi connectivity index (χ4v) is 1.38. The van der Waals surface area contributed by atoms with E-state index in [-0.39, 0.29) is 0 Å². The Morgan fingerprint density at radius 2 is 1.73 bits per heavy atom. The van der Waals surface area contributed by atoms with Crippen molar-refractivity contribution in [3.63, 3.8) is 0 Å². The molecule has 1 aromatic rings. The van der Waals surface area contributed by atoms with Gasteiger partial charge in [-0.25, -0.2) is 0 Å². The van der Waals surface area contributed by atoms with E-state index >= 15 is 0 Å². The van der Waals surface area contributed by atoms with Gasteiger partial charge in [-0.1, -0.05) is 0 Å². The molecule has 0 aliphatic carbocycles. The molecular weight excluding hydrogens is 205 g/mol. The first-order chi connectivity index (χ1) is 7.05. The molecule has 2 nitrogen and oxygen atoms in total. The molecule has 1 saturated heterocycles. The van der Waals surface area contributed by atoms with Crippen molar-refractivity contribution in [1.82, 2.24) is 5.32 Å². The lowest BCUT2D eigenvalue weighted by molar-refractivity contribution is -0.137. The van der Waals surface area contributed by atoms with E-state index in [9.17, 15) is 13.2 Å². The molecule has 0 aromatic heterocycles. The summed E-state index contributed by atoms with van der Waals surface area (Å²) in [6, 6.07) is 5.44. The van der Waals surface area contributed by atoms with Crippen LogP contribution in [0.3, 0.4) is 0 Å². The summed E-state index contributed by atoms with van der Waals surface area (Å²) in [4.78, 5) is 0. The zero-order chi connectivity index (χ0) is 10.9. The van der Waals surface area contributed by atoms with Gasteiger partial charge in [-0.05, 0) is 24.3 Å². The molecule has 1 aliphatic rings. The first kappa shape index (κ1) is 10.3. The Bertz CT molecular complexity index is 328. The van der Waals surface area contributed by atoms with Crippen molar-refractivity contribution in [2.75, 3.05) is 18.4 Å². The molecule has 1 aliphatic heterocycles. The molecule has 5 heteroatoms. The van der Waals surface area contributed by atoms with Crippen LogP contribution in [-0.2, 0) is 6.18 Å². The SMILES string of the molecule is FC(F)(F)c1ccc(NC2CNC2)cc1. The number of anilines is 1. The Hall–Kier alpha value is -1.23. The van der Waals surface area contributed by atoms with Crippen molar-refractivity contribution in [2.45, 2.75) is 12.2 Å². The largest absolute Gasteiger partial charge is 0.416 e. The van der Waals surface area contributed by atoms with Crippen molar-refractivity contribution in [3.8, 4) is 0 Å². The average molecular weight is 216 g/mol. The fraction of sp³-hybridized carbons (Fsp3) is 0.400. The van der Waals surface area contributed by atoms with Crippen LogP contribution in [0.5, 0.6) is 0 Å². The molecule has 0 saturated carbocycles. The van der Waals surface area contributed by atoms with Crippen LogP contribution in [0, 0.1) is 0 Å². The number of hydrogen-bond donors (Lipinski definition) is 2. The van der Waals surface area contributed by atoms with Gasteiger partial charge in [-0.15, -0.1) is 0 Å². The van der Waals surface area contributed by atoms with Gasteiger partial charge in [0, 0.05) is 18.8 Å². The van der Waals surface area contributed by atoms with Crippen LogP contribution in [0.2, 0.25) is 0 Å². The van der Waals surface area contributed by atoms with Crippen molar-refractivity contribution in [2.24, 2.45) is 0 Å². The summed E-state index contributed by atoms with van der Waals surface area (Å²) >= 11 is 0. The maximum atomic E-state index is 12.2. The van der Waals surface area contributed by atoms with Crippen LogP contribution in [0.25, 0.3) is 0 Å². The molecule has 0 bridgehead atoms. The maximum Gasteiger partial charge on any atom is 0.416 e. The highest BCUT2D eigenvalue weighted by Gasteiger charge is 2.30. The summed E-state index contributed by atoms with van der Waals surface area (Å²) in [5.74, 6) is 0. The second kappa shape index (κ2) is 3.73. The van der Waals surface area contributed by atoms with E-state index < -0.39 is 11.7 Å². The summed E-state index contributed by atoms with van der Waals surface area (Å²) in [6.07, 6.45) is -4.25. The van der Waals surface area contributed by atoms with Crippen LogP contribution in [0.15, 0.2) is 24.3 Å². The standard InChI is InChI=1S/C10H11F3N2/c11-10(12,13)7-1-3-8(4-2-7)15-9-5-14-6-9/h1-4,9,14-15H,5-6H2. The molecule has 1 aromatic carbocycles. The molecule has 0 unspecified atom stereocenters. The van der Waals surface area contributed by atoms with Gasteiger partial charge in [0.2, 0.25) is 0 Å². The lowest BCUT2D eigenvalue weighted by Gasteiger charge is -2.29. The van der Waals surface area contributed by atoms with Gasteiger partial charge in [0.25, 0.3) is 0 Å². The number of alkyl halides is 3. The van der Waals surface area contributed by atoms with Crippen molar-refractivity contribution < 1.29 is 13.2 Å². The molecule has 15 heavy (non-hydrogen) atoms. The minimum atomic E-state index is -4.25. The predicted molar refractivity (Wildman–Crippen MR) is 51.7 cm³/mol. The topological polar surface area (TPSA) is 24.1 Å². The second-order valence-electron chi connectivity index (χ2n) is 3.57. The van der Waals surface area contributed by atoms with E-state index in [1.54, 1.807) is 0 Å². The molecule has 0 spiro atoms. The normalized spacial score (nSPS) is 17.3. The maximum absolute atomic E-state index is 12.2. The predicted octanol–water partition coefficient (Wildman–Crippen LogP) is 2.09. The minimum Gasteiger partial charge on any atom is -0.380 e. The van der Waals surface area contributed by atoms with E-state index in [0.717, 1.165) is 30.9 Å². The van der Waals surface area contributed by atoms with Gasteiger partial charge in [0.15, 0.2) is 0 Å². The number of benzene rings is 1. The lowest BCUT2D eigenvalue weighted by atomic mass is 10.1. The Morgan fingerprint density at radius 1 is 1.13 bits per heavy atom. The first-order valence-corrected chi connectivity index (χ1v) is 4.70. The van der Waals surface area contributed by atoms with Crippen molar-refractivity contribution >= 4 is 5.69 Å². The minimum absolute atomic E-state index is 0.335. The Kier molecular flexibility index (Phi) is 2.56. The highest BCUT2D eigenvalue weighted by atomic mass is 19.4. The molecule has 1 fully saturated rings. The van der Waals surface area contributed by atoms with E-state index in [0.29, 0.717) is 6.04 Å². The van der Waals surface area contributed by atoms with Gasteiger partial charge < -0.3 is 10.6 Å². The van der Waals surface area contributed by atoms with Crippen molar-refractivity contribution in [1.29, 1.82) is 0 Å². The highest BCUT2D eigenvalue weighted by molar-refractivity contribution is 5.46. The molecule has 0 radical (unpaired) electrons. The first-order valence-electron chi connectivity index (χ1n) is 4.70. The Morgan fingerprint density at radius 3 is 2.13 bits per heavy atom. The van der Waals surface area contributed by atoms with Gasteiger partial charge >= 0.3 is 6.18 Å². The third-order valence-corrected chi connectivity index (χ3v) is 2.36. The summed E-state index contributed by atoms with van der Waals surface area (Å²) < 4.78 is 36.7. The van der Waals surface area contributed by atoms with Crippen LogP contribution in [0.1, 0.15) is 5.56 Å². The molecule has 0 amide bonds. The van der Waals surface area contributed by atoms with Crippen LogP contribution in [0.4, 0.5) is 18.9 Å². The summed E-state index contributed by atoms with van der Waals surface area (Å²) in [5.41, 5.74) is 0.120. The van der Waals surface area contributed by atoms with Gasteiger partial charge in [-0.3, -0.25) is 0 Å². The monoisotopic (exact) mass is 216 g/mol. The number of halogens is 3. The van der Waals surface area contributed by atoms with Crippen LogP contribution < -0.4 is 10.6 Å². The zero-order valence-corrected chi connectivity index (χ0v) is 7.93. The number of rotatable bonds is 2. The second-order valence-corrected chi connectivity index (χ2v) is 3.57. The summed E-state index contributed by atoms with van der Waals surface area (Å²) in [6.45, 7) is 1.72. The number of hydrogen-bond acceptors (Lipinski definition) is 2. The van der Waals surface area contributed by atoms with Crippen LogP contribution >= 0.6 is 0 Å². The zero-order valence-electron chi connectivity index (χ0n) is 7.93. The number of nitrogens with one attached hydrogen (secondary N) is 2. The molecule has 82 valence electrons. The molecular formula is C10H11F3N2. The summed E-state index contributed by atoms with van der Waals surface area (Å²) in [7, 11) is 0. The van der Waals surface area contributed by atoms with E-state index in [2.05, 4.69) is 10.6 Å². The third kappa shape index (κ3) is 2.41. The van der Waals surface area contributed by atoms with Gasteiger partial charge in [-0.2, -0.15) is 13.2 Å². The highest BCUT2D eigenvalue weighted by Crippen LogP contribution is 2.29. The lowest BCUT2D eigenvalue weighted by Crippen LogP contribution is -2.51. The Balaban J connectivity index is 2.03. The summed E-state index contributed by atoms with van der Waals surface area (Å²) in [5, 5.41) is 6.20. The van der Waals surface area contributed by atoms with Crippen LogP contribution in [-0.4, -0.2) is 19.1 Å². The smallest absolute Gasteiger partial charge is 0.380 e. The molecule has 2 N–H and O–H groups in total. The quantitative estimate of drug-likeness (QED) is 0.791. The third-order valence-electron chi connectivity index (χ3n) is 2.36. The van der Waals surface area contributed by atoms with Gasteiger partial charge in [0.05, 0.1) is 11.6 Å². The molecule has 1 heterocycles. The van der Waals surface area contributed by atoms with E-state index in [1.807, 2.05) is 0 Å². The van der Waals surface area contributed by atoms with Crippen molar-refractivity contribution in [3.05, 3.63) is 29.8 Å². The Labute approximate surface area is 85.5 Å². The van der Waals surface area contributed by atoms with E-state index in [4.69, 9.17) is 0 Å². The molecule has 2 rings (SSSR count). The van der Waals surface area contributed by atoms with E-state index in [1.165, 1.54) is 12.1 Å². The fourth-order valence-electron chi connectivity index (χ4n) is 1.38. The average Bonchev–Trinajstić information content (AvgIpc) is 2.11. The van der Waals surface area contributed by atoms with Gasteiger partial charge in [0.1, 0.15) is 0 Å². The molecule has 0 atom stereocenters.